The van der Waals surface area contributed by atoms with E-state index in [4.69, 9.17) is 20.4 Å². The Labute approximate surface area is 321 Å². The van der Waals surface area contributed by atoms with Gasteiger partial charge in [-0.2, -0.15) is 0 Å². The van der Waals surface area contributed by atoms with Crippen LogP contribution >= 0.6 is 18.5 Å². The van der Waals surface area contributed by atoms with Crippen molar-refractivity contribution in [2.45, 2.75) is 164 Å². The lowest BCUT2D eigenvalue weighted by molar-refractivity contribution is -0.138. The Bertz CT molecular complexity index is 1250. The Morgan fingerprint density at radius 2 is 0.660 bits per heavy atom. The molecule has 11 heteroatoms. The Morgan fingerprint density at radius 3 is 0.925 bits per heavy atom. The van der Waals surface area contributed by atoms with E-state index in [1.807, 2.05) is 0 Å². The van der Waals surface area contributed by atoms with Crippen molar-refractivity contribution in [3.63, 3.8) is 0 Å². The molecule has 0 spiro atoms. The van der Waals surface area contributed by atoms with Gasteiger partial charge in [0.2, 0.25) is 0 Å². The summed E-state index contributed by atoms with van der Waals surface area (Å²) in [6, 6.07) is 17.0. The average molecular weight is 774 g/mol. The second kappa shape index (κ2) is 25.9. The molecule has 0 saturated carbocycles. The zero-order valence-corrected chi connectivity index (χ0v) is 34.0. The minimum Gasteiger partial charge on any atom is -0.481 e. The first-order chi connectivity index (χ1) is 25.4. The lowest BCUT2D eigenvalue weighted by Crippen LogP contribution is -2.22. The normalized spacial score (nSPS) is 11.7. The molecule has 2 rings (SSSR count). The molecule has 5 N–H and O–H groups in total. The molecule has 9 nitrogen and oxygen atoms in total. The molecule has 0 fully saturated rings. The standard InChI is InChI=1S/C42H65NO8P2/c44-37(45)25-9-1-5-17-29-41(52,30-18-6-2-10-26-38(46)47)33-21-13-15-23-35(33)43-36-24-16-14-22-34(36)42(53,31-19-7-3-11-27-39(48)49)32-20-8-4-12-28-40(50)51/h13-16,21-24,43H,1-12,17-20,25-32,52-53H2,(H,44,45)(H,46,47)(H,48,49)(H,50,51). The van der Waals surface area contributed by atoms with Crippen molar-refractivity contribution < 1.29 is 39.6 Å². The first-order valence-corrected chi connectivity index (χ1v) is 20.9. The summed E-state index contributed by atoms with van der Waals surface area (Å²) in [6.45, 7) is 0. The molecule has 0 aromatic heterocycles. The molecule has 0 heterocycles. The van der Waals surface area contributed by atoms with Crippen LogP contribution in [0.5, 0.6) is 0 Å². The quantitative estimate of drug-likeness (QED) is 0.0360. The van der Waals surface area contributed by atoms with Crippen LogP contribution in [-0.2, 0) is 29.5 Å². The van der Waals surface area contributed by atoms with Gasteiger partial charge in [0.15, 0.2) is 0 Å². The number of aliphatic carboxylic acids is 4. The number of unbranched alkanes of at least 4 members (excludes halogenated alkanes) is 12. The summed E-state index contributed by atoms with van der Waals surface area (Å²) in [4.78, 5) is 44.1. The van der Waals surface area contributed by atoms with Crippen LogP contribution < -0.4 is 5.32 Å². The van der Waals surface area contributed by atoms with E-state index in [-0.39, 0.29) is 36.0 Å². The SMILES string of the molecule is O=C(O)CCCCCCC(P)(CCCCCCC(=O)O)c1ccccc1Nc1ccccc1C(P)(CCCCCCC(=O)O)CCCCCCC(=O)O. The summed E-state index contributed by atoms with van der Waals surface area (Å²) >= 11 is 0. The van der Waals surface area contributed by atoms with Gasteiger partial charge in [-0.15, -0.1) is 18.5 Å². The van der Waals surface area contributed by atoms with E-state index in [0.29, 0.717) is 25.7 Å². The third kappa shape index (κ3) is 19.2. The number of anilines is 2. The second-order valence-electron chi connectivity index (χ2n) is 14.8. The maximum atomic E-state index is 11.0. The van der Waals surface area contributed by atoms with Crippen LogP contribution in [-0.4, -0.2) is 44.3 Å². The number of hydrogen-bond acceptors (Lipinski definition) is 5. The van der Waals surface area contributed by atoms with E-state index in [0.717, 1.165) is 114 Å². The molecule has 2 aromatic carbocycles. The number of nitrogens with one attached hydrogen (secondary N) is 1. The number of benzene rings is 2. The van der Waals surface area contributed by atoms with Crippen LogP contribution in [0.4, 0.5) is 11.4 Å². The highest BCUT2D eigenvalue weighted by Crippen LogP contribution is 2.48. The van der Waals surface area contributed by atoms with Gasteiger partial charge in [-0.3, -0.25) is 19.2 Å². The van der Waals surface area contributed by atoms with Crippen molar-refractivity contribution in [2.75, 3.05) is 5.32 Å². The van der Waals surface area contributed by atoms with Gasteiger partial charge >= 0.3 is 23.9 Å². The van der Waals surface area contributed by atoms with E-state index < -0.39 is 23.9 Å². The molecule has 0 radical (unpaired) electrons. The number of carboxylic acid groups (broad SMARTS) is 4. The lowest BCUT2D eigenvalue weighted by atomic mass is 9.84. The van der Waals surface area contributed by atoms with Gasteiger partial charge in [0.25, 0.3) is 0 Å². The van der Waals surface area contributed by atoms with E-state index in [9.17, 15) is 19.2 Å². The van der Waals surface area contributed by atoms with Gasteiger partial charge in [0.1, 0.15) is 0 Å². The minimum atomic E-state index is -0.755. The molecule has 0 bridgehead atoms. The zero-order valence-electron chi connectivity index (χ0n) is 31.7. The molecule has 0 amide bonds. The molecule has 2 aromatic rings. The average Bonchev–Trinajstić information content (AvgIpc) is 3.11. The number of carboxylic acids is 4. The number of carbonyl (C=O) groups is 4. The monoisotopic (exact) mass is 773 g/mol. The van der Waals surface area contributed by atoms with Crippen LogP contribution in [0, 0.1) is 0 Å². The summed E-state index contributed by atoms with van der Waals surface area (Å²) in [5.41, 5.74) is 4.51. The smallest absolute Gasteiger partial charge is 0.303 e. The van der Waals surface area contributed by atoms with Gasteiger partial charge in [-0.1, -0.05) is 113 Å². The predicted octanol–water partition coefficient (Wildman–Crippen LogP) is 11.3. The van der Waals surface area contributed by atoms with Crippen molar-refractivity contribution in [3.8, 4) is 0 Å². The Morgan fingerprint density at radius 1 is 0.415 bits per heavy atom. The highest BCUT2D eigenvalue weighted by atomic mass is 31.0. The first kappa shape index (κ1) is 46.1. The van der Waals surface area contributed by atoms with E-state index in [2.05, 4.69) is 72.3 Å². The van der Waals surface area contributed by atoms with E-state index in [1.165, 1.54) is 11.1 Å². The zero-order chi connectivity index (χ0) is 39.0. The Balaban J connectivity index is 2.33. The maximum absolute atomic E-state index is 11.0. The Kier molecular flexibility index (Phi) is 22.5. The third-order valence-corrected chi connectivity index (χ3v) is 12.0. The summed E-state index contributed by atoms with van der Waals surface area (Å²) < 4.78 is 0. The van der Waals surface area contributed by atoms with Gasteiger partial charge < -0.3 is 25.7 Å². The molecule has 2 unspecified atom stereocenters. The van der Waals surface area contributed by atoms with E-state index in [1.54, 1.807) is 0 Å². The van der Waals surface area contributed by atoms with Crippen molar-refractivity contribution in [2.24, 2.45) is 0 Å². The molecule has 0 aliphatic rings. The Hall–Kier alpha value is -3.02. The summed E-state index contributed by atoms with van der Waals surface area (Å²) in [5, 5.41) is 39.7. The molecular formula is C42H65NO8P2. The van der Waals surface area contributed by atoms with Crippen molar-refractivity contribution in [1.29, 1.82) is 0 Å². The number of rotatable bonds is 32. The molecule has 53 heavy (non-hydrogen) atoms. The van der Waals surface area contributed by atoms with Gasteiger partial charge in [0, 0.05) is 47.4 Å². The van der Waals surface area contributed by atoms with Gasteiger partial charge in [-0.25, -0.2) is 0 Å². The molecule has 0 saturated heterocycles. The summed E-state index contributed by atoms with van der Waals surface area (Å²) in [6.07, 6.45) is 18.5. The molecule has 0 aliphatic heterocycles. The highest BCUT2D eigenvalue weighted by molar-refractivity contribution is 7.18. The van der Waals surface area contributed by atoms with Crippen molar-refractivity contribution in [1.82, 2.24) is 0 Å². The number of para-hydroxylation sites is 2. The second-order valence-corrected chi connectivity index (χ2v) is 17.0. The molecule has 2 atom stereocenters. The topological polar surface area (TPSA) is 161 Å². The van der Waals surface area contributed by atoms with Gasteiger partial charge in [0.05, 0.1) is 0 Å². The fourth-order valence-electron chi connectivity index (χ4n) is 7.27. The molecular weight excluding hydrogens is 708 g/mol. The first-order valence-electron chi connectivity index (χ1n) is 19.8. The fourth-order valence-corrected chi connectivity index (χ4v) is 8.59. The predicted molar refractivity (Wildman–Crippen MR) is 220 cm³/mol. The van der Waals surface area contributed by atoms with Crippen LogP contribution in [0.3, 0.4) is 0 Å². The van der Waals surface area contributed by atoms with E-state index >= 15 is 0 Å². The third-order valence-electron chi connectivity index (χ3n) is 10.3. The maximum Gasteiger partial charge on any atom is 0.303 e. The van der Waals surface area contributed by atoms with Crippen LogP contribution in [0.2, 0.25) is 0 Å². The highest BCUT2D eigenvalue weighted by Gasteiger charge is 2.31. The van der Waals surface area contributed by atoms with Gasteiger partial charge in [-0.05, 0) is 74.6 Å². The minimum absolute atomic E-state index is 0.196. The fraction of sp³-hybridized carbons (Fsp3) is 0.619. The van der Waals surface area contributed by atoms with Crippen LogP contribution in [0.15, 0.2) is 48.5 Å². The van der Waals surface area contributed by atoms with Crippen molar-refractivity contribution >= 4 is 53.7 Å². The largest absolute Gasteiger partial charge is 0.481 e. The number of hydrogen-bond donors (Lipinski definition) is 5. The summed E-state index contributed by atoms with van der Waals surface area (Å²) in [5.74, 6) is -3.02. The van der Waals surface area contributed by atoms with Crippen molar-refractivity contribution in [3.05, 3.63) is 59.7 Å². The van der Waals surface area contributed by atoms with Crippen LogP contribution in [0.25, 0.3) is 0 Å². The lowest BCUT2D eigenvalue weighted by Gasteiger charge is -2.35. The van der Waals surface area contributed by atoms with Crippen LogP contribution in [0.1, 0.15) is 165 Å². The summed E-state index contributed by atoms with van der Waals surface area (Å²) in [7, 11) is 6.35. The molecule has 296 valence electrons. The molecule has 0 aliphatic carbocycles.